The monoisotopic (exact) mass is 275 g/mol. The van der Waals surface area contributed by atoms with Gasteiger partial charge in [-0.2, -0.15) is 0 Å². The molecule has 1 aromatic rings. The van der Waals surface area contributed by atoms with E-state index in [1.807, 2.05) is 24.3 Å². The molecule has 0 spiro atoms. The van der Waals surface area contributed by atoms with Gasteiger partial charge < -0.3 is 10.5 Å². The minimum absolute atomic E-state index is 0.290. The van der Waals surface area contributed by atoms with E-state index < -0.39 is 0 Å². The molecule has 1 rings (SSSR count). The third-order valence-corrected chi connectivity index (χ3v) is 3.38. The lowest BCUT2D eigenvalue weighted by molar-refractivity contribution is 0.0600. The Kier molecular flexibility index (Phi) is 7.66. The Morgan fingerprint density at radius 2 is 2.10 bits per heavy atom. The summed E-state index contributed by atoms with van der Waals surface area (Å²) >= 11 is 0. The van der Waals surface area contributed by atoms with E-state index in [2.05, 4.69) is 13.0 Å². The number of hydrogen-bond donors (Lipinski definition) is 1. The van der Waals surface area contributed by atoms with Gasteiger partial charge >= 0.3 is 5.97 Å². The van der Waals surface area contributed by atoms with E-state index in [9.17, 15) is 4.79 Å². The number of benzene rings is 1. The van der Waals surface area contributed by atoms with Crippen molar-refractivity contribution in [2.45, 2.75) is 32.6 Å². The number of rotatable bonds is 8. The maximum atomic E-state index is 11.6. The van der Waals surface area contributed by atoms with Gasteiger partial charge in [0.15, 0.2) is 0 Å². The summed E-state index contributed by atoms with van der Waals surface area (Å²) in [5.41, 5.74) is 7.11. The molecule has 0 amide bonds. The minimum Gasteiger partial charge on any atom is -0.465 e. The second kappa shape index (κ2) is 9.32. The number of nitrogens with two attached hydrogens (primary N) is 1. The van der Waals surface area contributed by atoms with Gasteiger partial charge in [-0.1, -0.05) is 43.7 Å². The number of methoxy groups -OCH3 is 1. The lowest BCUT2D eigenvalue weighted by Crippen LogP contribution is -2.10. The van der Waals surface area contributed by atoms with Crippen molar-refractivity contribution >= 4 is 12.0 Å². The van der Waals surface area contributed by atoms with Gasteiger partial charge in [-0.05, 0) is 43.4 Å². The second-order valence-corrected chi connectivity index (χ2v) is 5.11. The minimum atomic E-state index is -0.290. The summed E-state index contributed by atoms with van der Waals surface area (Å²) in [5.74, 6) is 0.320. The molecule has 110 valence electrons. The largest absolute Gasteiger partial charge is 0.465 e. The second-order valence-electron chi connectivity index (χ2n) is 5.11. The molecule has 3 nitrogen and oxygen atoms in total. The van der Waals surface area contributed by atoms with Crippen LogP contribution in [0.2, 0.25) is 0 Å². The number of carbonyl (C=O) groups excluding carboxylic acids is 1. The van der Waals surface area contributed by atoms with Gasteiger partial charge in [0.05, 0.1) is 12.7 Å². The number of esters is 1. The molecule has 1 unspecified atom stereocenters. The highest BCUT2D eigenvalue weighted by molar-refractivity contribution is 5.93. The van der Waals surface area contributed by atoms with Crippen LogP contribution in [-0.2, 0) is 4.74 Å². The molecule has 2 N–H and O–H groups in total. The van der Waals surface area contributed by atoms with Crippen molar-refractivity contribution in [3.63, 3.8) is 0 Å². The summed E-state index contributed by atoms with van der Waals surface area (Å²) in [4.78, 5) is 11.6. The van der Waals surface area contributed by atoms with E-state index in [0.29, 0.717) is 11.5 Å². The van der Waals surface area contributed by atoms with Crippen LogP contribution in [0.5, 0.6) is 0 Å². The molecular weight excluding hydrogens is 250 g/mol. The molecule has 0 saturated heterocycles. The highest BCUT2D eigenvalue weighted by atomic mass is 16.5. The summed E-state index contributed by atoms with van der Waals surface area (Å²) in [7, 11) is 1.40. The maximum Gasteiger partial charge on any atom is 0.338 e. The number of hydrogen-bond acceptors (Lipinski definition) is 3. The zero-order valence-corrected chi connectivity index (χ0v) is 12.5. The van der Waals surface area contributed by atoms with Crippen LogP contribution in [-0.4, -0.2) is 19.6 Å². The average molecular weight is 275 g/mol. The van der Waals surface area contributed by atoms with Crippen molar-refractivity contribution in [1.29, 1.82) is 0 Å². The van der Waals surface area contributed by atoms with Gasteiger partial charge in [-0.3, -0.25) is 0 Å². The van der Waals surface area contributed by atoms with Crippen molar-refractivity contribution in [2.75, 3.05) is 13.7 Å². The smallest absolute Gasteiger partial charge is 0.338 e. The highest BCUT2D eigenvalue weighted by Gasteiger charge is 2.08. The summed E-state index contributed by atoms with van der Waals surface area (Å²) in [6, 6.07) is 7.49. The SMILES string of the molecule is COC(=O)c1ccccc1/C=C/CCCCC(C)CN. The molecule has 0 aliphatic rings. The highest BCUT2D eigenvalue weighted by Crippen LogP contribution is 2.14. The maximum absolute atomic E-state index is 11.6. The van der Waals surface area contributed by atoms with Crippen LogP contribution in [0.1, 0.15) is 48.5 Å². The molecule has 0 heterocycles. The van der Waals surface area contributed by atoms with Crippen LogP contribution in [0.15, 0.2) is 30.3 Å². The first-order chi connectivity index (χ1) is 9.69. The number of allylic oxidation sites excluding steroid dienone is 1. The summed E-state index contributed by atoms with van der Waals surface area (Å²) < 4.78 is 4.78. The third kappa shape index (κ3) is 5.57. The van der Waals surface area contributed by atoms with Crippen LogP contribution < -0.4 is 5.73 Å². The van der Waals surface area contributed by atoms with Gasteiger partial charge in [0.1, 0.15) is 0 Å². The Morgan fingerprint density at radius 1 is 1.35 bits per heavy atom. The molecule has 3 heteroatoms. The third-order valence-electron chi connectivity index (χ3n) is 3.38. The van der Waals surface area contributed by atoms with Crippen LogP contribution >= 0.6 is 0 Å². The van der Waals surface area contributed by atoms with E-state index in [1.54, 1.807) is 6.07 Å². The van der Waals surface area contributed by atoms with Crippen molar-refractivity contribution in [1.82, 2.24) is 0 Å². The topological polar surface area (TPSA) is 52.3 Å². The molecule has 0 bridgehead atoms. The van der Waals surface area contributed by atoms with E-state index in [4.69, 9.17) is 10.5 Å². The van der Waals surface area contributed by atoms with Crippen molar-refractivity contribution in [2.24, 2.45) is 11.7 Å². The molecule has 0 aliphatic heterocycles. The number of unbranched alkanes of at least 4 members (excludes halogenated alkanes) is 2. The standard InChI is InChI=1S/C17H25NO2/c1-14(13-18)9-5-3-4-6-10-15-11-7-8-12-16(15)17(19)20-2/h6-8,10-12,14H,3-5,9,13,18H2,1-2H3/b10-6+. The fourth-order valence-corrected chi connectivity index (χ4v) is 2.02. The van der Waals surface area contributed by atoms with Crippen LogP contribution in [0.4, 0.5) is 0 Å². The van der Waals surface area contributed by atoms with Crippen LogP contribution in [0.25, 0.3) is 6.08 Å². The molecular formula is C17H25NO2. The summed E-state index contributed by atoms with van der Waals surface area (Å²) in [5, 5.41) is 0. The predicted molar refractivity (Wildman–Crippen MR) is 83.5 cm³/mol. The quantitative estimate of drug-likeness (QED) is 0.582. The molecule has 0 radical (unpaired) electrons. The normalized spacial score (nSPS) is 12.6. The summed E-state index contributed by atoms with van der Waals surface area (Å²) in [6.07, 6.45) is 8.67. The van der Waals surface area contributed by atoms with E-state index in [1.165, 1.54) is 20.0 Å². The first-order valence-electron chi connectivity index (χ1n) is 7.23. The molecule has 0 fully saturated rings. The lowest BCUT2D eigenvalue weighted by atomic mass is 10.0. The lowest BCUT2D eigenvalue weighted by Gasteiger charge is -2.06. The fraction of sp³-hybridized carbons (Fsp3) is 0.471. The first-order valence-corrected chi connectivity index (χ1v) is 7.23. The van der Waals surface area contributed by atoms with E-state index in [-0.39, 0.29) is 5.97 Å². The van der Waals surface area contributed by atoms with Gasteiger partial charge in [0, 0.05) is 0 Å². The number of ether oxygens (including phenoxy) is 1. The van der Waals surface area contributed by atoms with Gasteiger partial charge in [-0.25, -0.2) is 4.79 Å². The molecule has 0 saturated carbocycles. The molecule has 20 heavy (non-hydrogen) atoms. The van der Waals surface area contributed by atoms with Crippen molar-refractivity contribution in [3.05, 3.63) is 41.5 Å². The van der Waals surface area contributed by atoms with Gasteiger partial charge in [0.2, 0.25) is 0 Å². The molecule has 1 atom stereocenters. The molecule has 0 aliphatic carbocycles. The van der Waals surface area contributed by atoms with Crippen LogP contribution in [0.3, 0.4) is 0 Å². The van der Waals surface area contributed by atoms with Crippen molar-refractivity contribution < 1.29 is 9.53 Å². The Bertz CT molecular complexity index is 440. The zero-order chi connectivity index (χ0) is 14.8. The fourth-order valence-electron chi connectivity index (χ4n) is 2.02. The number of carbonyl (C=O) groups is 1. The molecule has 0 aromatic heterocycles. The van der Waals surface area contributed by atoms with Gasteiger partial charge in [0.25, 0.3) is 0 Å². The van der Waals surface area contributed by atoms with Crippen molar-refractivity contribution in [3.8, 4) is 0 Å². The molecule has 1 aromatic carbocycles. The van der Waals surface area contributed by atoms with E-state index >= 15 is 0 Å². The summed E-state index contributed by atoms with van der Waals surface area (Å²) in [6.45, 7) is 2.95. The Labute approximate surface area is 121 Å². The Morgan fingerprint density at radius 3 is 2.80 bits per heavy atom. The Hall–Kier alpha value is -1.61. The van der Waals surface area contributed by atoms with E-state index in [0.717, 1.165) is 24.9 Å². The Balaban J connectivity index is 2.44. The first kappa shape index (κ1) is 16.4. The predicted octanol–water partition coefficient (Wildman–Crippen LogP) is 3.64. The average Bonchev–Trinajstić information content (AvgIpc) is 2.50. The zero-order valence-electron chi connectivity index (χ0n) is 12.5. The van der Waals surface area contributed by atoms with Gasteiger partial charge in [-0.15, -0.1) is 0 Å². The van der Waals surface area contributed by atoms with Crippen LogP contribution in [0, 0.1) is 5.92 Å².